The van der Waals surface area contributed by atoms with Crippen molar-refractivity contribution in [2.45, 2.75) is 39.9 Å². The molecular formula is C18H21BrO2. The van der Waals surface area contributed by atoms with Crippen LogP contribution in [-0.2, 0) is 0 Å². The number of halogens is 1. The van der Waals surface area contributed by atoms with E-state index in [9.17, 15) is 5.11 Å². The summed E-state index contributed by atoms with van der Waals surface area (Å²) in [6, 6.07) is 11.7. The predicted molar refractivity (Wildman–Crippen MR) is 89.9 cm³/mol. The molecule has 0 saturated heterocycles. The van der Waals surface area contributed by atoms with E-state index in [0.717, 1.165) is 32.5 Å². The molecule has 0 aliphatic carbocycles. The predicted octanol–water partition coefficient (Wildman–Crippen LogP) is 4.93. The van der Waals surface area contributed by atoms with E-state index in [2.05, 4.69) is 15.9 Å². The first-order valence-corrected chi connectivity index (χ1v) is 7.89. The van der Waals surface area contributed by atoms with Crippen molar-refractivity contribution < 1.29 is 9.84 Å². The summed E-state index contributed by atoms with van der Waals surface area (Å²) in [5.41, 5.74) is 3.99. The highest BCUT2D eigenvalue weighted by molar-refractivity contribution is 9.10. The Morgan fingerprint density at radius 1 is 1.00 bits per heavy atom. The summed E-state index contributed by atoms with van der Waals surface area (Å²) in [4.78, 5) is 0. The van der Waals surface area contributed by atoms with Gasteiger partial charge in [-0.25, -0.2) is 0 Å². The number of aliphatic hydroxyl groups excluding tert-OH is 1. The number of hydrogen-bond acceptors (Lipinski definition) is 2. The van der Waals surface area contributed by atoms with Gasteiger partial charge in [-0.15, -0.1) is 0 Å². The van der Waals surface area contributed by atoms with E-state index < -0.39 is 6.10 Å². The Labute approximate surface area is 134 Å². The van der Waals surface area contributed by atoms with E-state index in [0.29, 0.717) is 0 Å². The van der Waals surface area contributed by atoms with Gasteiger partial charge in [0.05, 0.1) is 6.10 Å². The minimum atomic E-state index is -0.647. The molecule has 0 aliphatic heterocycles. The number of ether oxygens (including phenoxy) is 1. The zero-order valence-electron chi connectivity index (χ0n) is 12.9. The van der Waals surface area contributed by atoms with E-state index in [1.54, 1.807) is 0 Å². The van der Waals surface area contributed by atoms with Crippen LogP contribution in [0.3, 0.4) is 0 Å². The first kappa shape index (κ1) is 16.1. The van der Waals surface area contributed by atoms with Gasteiger partial charge in [0, 0.05) is 4.47 Å². The van der Waals surface area contributed by atoms with Gasteiger partial charge in [0.15, 0.2) is 0 Å². The second kappa shape index (κ2) is 6.63. The van der Waals surface area contributed by atoms with E-state index in [1.165, 1.54) is 0 Å². The molecule has 0 bridgehead atoms. The third-order valence-electron chi connectivity index (χ3n) is 3.32. The molecule has 0 aliphatic rings. The maximum atomic E-state index is 10.6. The molecule has 21 heavy (non-hydrogen) atoms. The maximum Gasteiger partial charge on any atom is 0.120 e. The number of aryl methyl sites for hydroxylation is 2. The van der Waals surface area contributed by atoms with Crippen LogP contribution in [0.4, 0.5) is 0 Å². The Morgan fingerprint density at radius 2 is 1.62 bits per heavy atom. The van der Waals surface area contributed by atoms with Gasteiger partial charge in [0.25, 0.3) is 0 Å². The fraction of sp³-hybridized carbons (Fsp3) is 0.333. The molecule has 112 valence electrons. The Bertz CT molecular complexity index is 612. The van der Waals surface area contributed by atoms with Gasteiger partial charge < -0.3 is 9.84 Å². The lowest BCUT2D eigenvalue weighted by atomic mass is 9.98. The molecular weight excluding hydrogens is 328 g/mol. The highest BCUT2D eigenvalue weighted by atomic mass is 79.9. The van der Waals surface area contributed by atoms with Crippen molar-refractivity contribution in [1.82, 2.24) is 0 Å². The van der Waals surface area contributed by atoms with Crippen molar-refractivity contribution in [1.29, 1.82) is 0 Å². The van der Waals surface area contributed by atoms with Crippen molar-refractivity contribution >= 4 is 15.9 Å². The summed E-state index contributed by atoms with van der Waals surface area (Å²) in [5.74, 6) is 0.784. The Morgan fingerprint density at radius 3 is 2.19 bits per heavy atom. The average molecular weight is 349 g/mol. The molecule has 1 unspecified atom stereocenters. The maximum absolute atomic E-state index is 10.6. The van der Waals surface area contributed by atoms with Gasteiger partial charge in [-0.05, 0) is 62.1 Å². The van der Waals surface area contributed by atoms with Crippen molar-refractivity contribution in [2.24, 2.45) is 0 Å². The fourth-order valence-electron chi connectivity index (χ4n) is 2.36. The molecule has 2 nitrogen and oxygen atoms in total. The fourth-order valence-corrected chi connectivity index (χ4v) is 2.59. The Hall–Kier alpha value is -1.32. The Kier molecular flexibility index (Phi) is 5.07. The lowest BCUT2D eigenvalue weighted by molar-refractivity contribution is 0.216. The van der Waals surface area contributed by atoms with Crippen LogP contribution in [-0.4, -0.2) is 11.2 Å². The van der Waals surface area contributed by atoms with Gasteiger partial charge in [0.2, 0.25) is 0 Å². The summed E-state index contributed by atoms with van der Waals surface area (Å²) >= 11 is 3.56. The van der Waals surface area contributed by atoms with Crippen molar-refractivity contribution in [3.8, 4) is 5.75 Å². The topological polar surface area (TPSA) is 29.5 Å². The second-order valence-corrected chi connectivity index (χ2v) is 6.40. The van der Waals surface area contributed by atoms with Crippen molar-refractivity contribution in [2.75, 3.05) is 0 Å². The van der Waals surface area contributed by atoms with Crippen molar-refractivity contribution in [3.05, 3.63) is 63.1 Å². The standard InChI is InChI=1S/C18H21BrO2/c1-11(2)21-16-7-5-6-14(10-16)18(20)15-8-12(3)17(19)13(4)9-15/h5-11,18,20H,1-4H3. The Balaban J connectivity index is 2.33. The lowest BCUT2D eigenvalue weighted by Gasteiger charge is -2.16. The van der Waals surface area contributed by atoms with Crippen LogP contribution >= 0.6 is 15.9 Å². The lowest BCUT2D eigenvalue weighted by Crippen LogP contribution is -2.07. The van der Waals surface area contributed by atoms with Gasteiger partial charge in [0.1, 0.15) is 11.9 Å². The molecule has 0 amide bonds. The second-order valence-electron chi connectivity index (χ2n) is 5.61. The van der Waals surface area contributed by atoms with Gasteiger partial charge in [-0.3, -0.25) is 0 Å². The zero-order chi connectivity index (χ0) is 15.6. The molecule has 0 fully saturated rings. The van der Waals surface area contributed by atoms with E-state index in [1.807, 2.05) is 64.1 Å². The van der Waals surface area contributed by atoms with Crippen LogP contribution in [0.2, 0.25) is 0 Å². The third kappa shape index (κ3) is 3.86. The summed E-state index contributed by atoms with van der Waals surface area (Å²) in [5, 5.41) is 10.6. The number of rotatable bonds is 4. The van der Waals surface area contributed by atoms with E-state index in [4.69, 9.17) is 4.74 Å². The number of benzene rings is 2. The van der Waals surface area contributed by atoms with Crippen LogP contribution in [0.15, 0.2) is 40.9 Å². The quantitative estimate of drug-likeness (QED) is 0.848. The van der Waals surface area contributed by atoms with Crippen LogP contribution in [0.1, 0.15) is 42.2 Å². The van der Waals surface area contributed by atoms with Crippen LogP contribution in [0, 0.1) is 13.8 Å². The first-order valence-electron chi connectivity index (χ1n) is 7.10. The molecule has 0 heterocycles. The van der Waals surface area contributed by atoms with Gasteiger partial charge >= 0.3 is 0 Å². The largest absolute Gasteiger partial charge is 0.491 e. The smallest absolute Gasteiger partial charge is 0.120 e. The highest BCUT2D eigenvalue weighted by Crippen LogP contribution is 2.30. The monoisotopic (exact) mass is 348 g/mol. The molecule has 0 saturated carbocycles. The van der Waals surface area contributed by atoms with E-state index in [-0.39, 0.29) is 6.10 Å². The van der Waals surface area contributed by atoms with E-state index >= 15 is 0 Å². The summed E-state index contributed by atoms with van der Waals surface area (Å²) in [6.45, 7) is 8.05. The number of hydrogen-bond donors (Lipinski definition) is 1. The molecule has 0 aromatic heterocycles. The zero-order valence-corrected chi connectivity index (χ0v) is 14.4. The highest BCUT2D eigenvalue weighted by Gasteiger charge is 2.14. The molecule has 0 spiro atoms. The average Bonchev–Trinajstić information content (AvgIpc) is 2.43. The van der Waals surface area contributed by atoms with Crippen molar-refractivity contribution in [3.63, 3.8) is 0 Å². The van der Waals surface area contributed by atoms with Crippen LogP contribution in [0.5, 0.6) is 5.75 Å². The summed E-state index contributed by atoms with van der Waals surface area (Å²) in [6.07, 6.45) is -0.527. The SMILES string of the molecule is Cc1cc(C(O)c2cccc(OC(C)C)c2)cc(C)c1Br. The number of aliphatic hydroxyl groups is 1. The molecule has 2 aromatic carbocycles. The minimum absolute atomic E-state index is 0.120. The normalized spacial score (nSPS) is 12.5. The molecule has 0 radical (unpaired) electrons. The molecule has 2 aromatic rings. The molecule has 1 N–H and O–H groups in total. The van der Waals surface area contributed by atoms with Gasteiger partial charge in [-0.2, -0.15) is 0 Å². The molecule has 3 heteroatoms. The third-order valence-corrected chi connectivity index (χ3v) is 4.57. The van der Waals surface area contributed by atoms with Gasteiger partial charge in [-0.1, -0.05) is 40.2 Å². The first-order chi connectivity index (χ1) is 9.88. The molecule has 2 rings (SSSR count). The summed E-state index contributed by atoms with van der Waals surface area (Å²) < 4.78 is 6.78. The van der Waals surface area contributed by atoms with Crippen LogP contribution in [0.25, 0.3) is 0 Å². The minimum Gasteiger partial charge on any atom is -0.491 e. The summed E-state index contributed by atoms with van der Waals surface area (Å²) in [7, 11) is 0. The van der Waals surface area contributed by atoms with Crippen LogP contribution < -0.4 is 4.74 Å². The molecule has 1 atom stereocenters.